The van der Waals surface area contributed by atoms with E-state index in [4.69, 9.17) is 9.40 Å². The molecule has 0 atom stereocenters. The number of nitrogens with one attached hydrogen (secondary N) is 2. The highest BCUT2D eigenvalue weighted by molar-refractivity contribution is 7.23. The van der Waals surface area contributed by atoms with E-state index in [1.54, 1.807) is 34.8 Å². The minimum absolute atomic E-state index is 0.0248. The van der Waals surface area contributed by atoms with Gasteiger partial charge in [-0.1, -0.05) is 42.5 Å². The number of para-hydroxylation sites is 1. The van der Waals surface area contributed by atoms with E-state index in [-0.39, 0.29) is 16.6 Å². The summed E-state index contributed by atoms with van der Waals surface area (Å²) in [6.07, 6.45) is 0.785. The second kappa shape index (κ2) is 8.83. The highest BCUT2D eigenvalue weighted by Gasteiger charge is 2.41. The molecule has 6 aromatic rings. The third-order valence-corrected chi connectivity index (χ3v) is 9.99. The SMILES string of the molecule is CC1(C)Cc2c(sc(NC(=O)c3cc4c(ccc5ccccc54)oc3=O)c2-c2nc3ccccc3s2)C(C)(C)N1. The summed E-state index contributed by atoms with van der Waals surface area (Å²) >= 11 is 3.16. The lowest BCUT2D eigenvalue weighted by Crippen LogP contribution is -2.54. The first-order valence-electron chi connectivity index (χ1n) is 13.2. The van der Waals surface area contributed by atoms with Gasteiger partial charge < -0.3 is 15.1 Å². The number of thiophene rings is 1. The lowest BCUT2D eigenvalue weighted by atomic mass is 9.81. The first-order valence-corrected chi connectivity index (χ1v) is 14.8. The Labute approximate surface area is 238 Å². The molecular formula is C32H27N3O3S2. The van der Waals surface area contributed by atoms with Crippen molar-refractivity contribution in [2.45, 2.75) is 45.2 Å². The Bertz CT molecular complexity index is 2010. The van der Waals surface area contributed by atoms with Crippen LogP contribution in [0.2, 0.25) is 0 Å². The van der Waals surface area contributed by atoms with E-state index in [1.807, 2.05) is 48.5 Å². The van der Waals surface area contributed by atoms with Gasteiger partial charge in [0.15, 0.2) is 0 Å². The number of rotatable bonds is 3. The summed E-state index contributed by atoms with van der Waals surface area (Å²) in [5.74, 6) is -0.491. The van der Waals surface area contributed by atoms with Crippen molar-refractivity contribution in [1.29, 1.82) is 0 Å². The predicted octanol–water partition coefficient (Wildman–Crippen LogP) is 7.70. The maximum absolute atomic E-state index is 13.8. The van der Waals surface area contributed by atoms with E-state index in [2.05, 4.69) is 44.4 Å². The van der Waals surface area contributed by atoms with Gasteiger partial charge in [0.1, 0.15) is 21.2 Å². The fraction of sp³-hybridized carbons (Fsp3) is 0.219. The van der Waals surface area contributed by atoms with Crippen molar-refractivity contribution < 1.29 is 9.21 Å². The lowest BCUT2D eigenvalue weighted by Gasteiger charge is -2.42. The maximum Gasteiger partial charge on any atom is 0.349 e. The number of hydrogen-bond acceptors (Lipinski definition) is 7. The van der Waals surface area contributed by atoms with Crippen LogP contribution in [0.5, 0.6) is 0 Å². The molecule has 0 saturated carbocycles. The molecule has 0 fully saturated rings. The van der Waals surface area contributed by atoms with Crippen LogP contribution in [0.15, 0.2) is 75.9 Å². The Kier molecular flexibility index (Phi) is 5.55. The van der Waals surface area contributed by atoms with Crippen LogP contribution in [-0.2, 0) is 12.0 Å². The third-order valence-electron chi connectivity index (χ3n) is 7.47. The van der Waals surface area contributed by atoms with Crippen molar-refractivity contribution in [3.05, 3.63) is 93.2 Å². The topological polar surface area (TPSA) is 84.2 Å². The van der Waals surface area contributed by atoms with Crippen LogP contribution < -0.4 is 16.3 Å². The fourth-order valence-electron chi connectivity index (χ4n) is 6.02. The third kappa shape index (κ3) is 4.06. The summed E-state index contributed by atoms with van der Waals surface area (Å²) in [6, 6.07) is 21.3. The maximum atomic E-state index is 13.8. The van der Waals surface area contributed by atoms with Crippen LogP contribution in [0.4, 0.5) is 5.00 Å². The average Bonchev–Trinajstić information content (AvgIpc) is 3.48. The smallest absolute Gasteiger partial charge is 0.349 e. The average molecular weight is 566 g/mol. The molecule has 3 aromatic carbocycles. The quantitative estimate of drug-likeness (QED) is 0.170. The Balaban J connectivity index is 1.39. The van der Waals surface area contributed by atoms with Gasteiger partial charge in [-0.15, -0.1) is 22.7 Å². The summed E-state index contributed by atoms with van der Waals surface area (Å²) in [4.78, 5) is 32.9. The first kappa shape index (κ1) is 25.1. The molecular weight excluding hydrogens is 539 g/mol. The van der Waals surface area contributed by atoms with Gasteiger partial charge >= 0.3 is 5.63 Å². The molecule has 0 saturated heterocycles. The molecule has 7 rings (SSSR count). The molecule has 8 heteroatoms. The van der Waals surface area contributed by atoms with Gasteiger partial charge in [0.05, 0.1) is 10.2 Å². The number of nitrogens with zero attached hydrogens (tertiary/aromatic N) is 1. The van der Waals surface area contributed by atoms with Crippen LogP contribution in [0.1, 0.15) is 48.5 Å². The molecule has 0 aliphatic carbocycles. The molecule has 40 heavy (non-hydrogen) atoms. The Morgan fingerprint density at radius 2 is 1.75 bits per heavy atom. The number of benzene rings is 3. The molecule has 1 aliphatic heterocycles. The molecule has 0 bridgehead atoms. The number of thiazole rings is 1. The molecule has 0 radical (unpaired) electrons. The molecule has 0 unspecified atom stereocenters. The predicted molar refractivity (Wildman–Crippen MR) is 165 cm³/mol. The largest absolute Gasteiger partial charge is 0.422 e. The van der Waals surface area contributed by atoms with E-state index in [0.29, 0.717) is 10.6 Å². The Hall–Kier alpha value is -3.85. The monoisotopic (exact) mass is 565 g/mol. The van der Waals surface area contributed by atoms with Crippen molar-refractivity contribution in [1.82, 2.24) is 10.3 Å². The molecule has 200 valence electrons. The van der Waals surface area contributed by atoms with Crippen molar-refractivity contribution in [2.75, 3.05) is 5.32 Å². The highest BCUT2D eigenvalue weighted by Crippen LogP contribution is 2.50. The zero-order valence-electron chi connectivity index (χ0n) is 22.5. The second-order valence-electron chi connectivity index (χ2n) is 11.5. The Morgan fingerprint density at radius 3 is 2.58 bits per heavy atom. The van der Waals surface area contributed by atoms with E-state index in [9.17, 15) is 9.59 Å². The van der Waals surface area contributed by atoms with Gasteiger partial charge in [0, 0.05) is 26.9 Å². The molecule has 6 nitrogen and oxygen atoms in total. The minimum atomic E-state index is -0.661. The summed E-state index contributed by atoms with van der Waals surface area (Å²) in [6.45, 7) is 8.72. The van der Waals surface area contributed by atoms with E-state index in [1.165, 1.54) is 5.56 Å². The van der Waals surface area contributed by atoms with Gasteiger partial charge in [-0.3, -0.25) is 4.79 Å². The summed E-state index contributed by atoms with van der Waals surface area (Å²) in [5.41, 5.74) is 2.36. The van der Waals surface area contributed by atoms with Crippen LogP contribution >= 0.6 is 22.7 Å². The van der Waals surface area contributed by atoms with E-state index in [0.717, 1.165) is 48.2 Å². The minimum Gasteiger partial charge on any atom is -0.422 e. The van der Waals surface area contributed by atoms with E-state index >= 15 is 0 Å². The standard InChI is InChI=1S/C32H27N3O3S2/c1-31(2)16-21-25(28-33-22-11-7-8-12-24(22)39-28)29(40-26(21)32(3,4)35-31)34-27(36)20-15-19-18-10-6-5-9-17(18)13-14-23(19)38-30(20)37/h5-15,35H,16H2,1-4H3,(H,34,36). The number of carbonyl (C=O) groups excluding carboxylic acids is 1. The van der Waals surface area contributed by atoms with Crippen molar-refractivity contribution in [2.24, 2.45) is 0 Å². The zero-order valence-corrected chi connectivity index (χ0v) is 24.2. The van der Waals surface area contributed by atoms with Gasteiger partial charge in [0.2, 0.25) is 0 Å². The van der Waals surface area contributed by atoms with Gasteiger partial charge in [0.25, 0.3) is 5.91 Å². The summed E-state index contributed by atoms with van der Waals surface area (Å²) < 4.78 is 6.71. The van der Waals surface area contributed by atoms with Gasteiger partial charge in [-0.05, 0) is 74.7 Å². The summed E-state index contributed by atoms with van der Waals surface area (Å²) in [5, 5.41) is 11.1. The second-order valence-corrected chi connectivity index (χ2v) is 13.6. The molecule has 0 spiro atoms. The molecule has 1 amide bonds. The van der Waals surface area contributed by atoms with Crippen molar-refractivity contribution in [3.8, 4) is 10.6 Å². The van der Waals surface area contributed by atoms with Crippen molar-refractivity contribution >= 4 is 65.5 Å². The molecule has 1 aliphatic rings. The van der Waals surface area contributed by atoms with Crippen LogP contribution in [0, 0.1) is 0 Å². The van der Waals surface area contributed by atoms with Gasteiger partial charge in [-0.2, -0.15) is 0 Å². The molecule has 2 N–H and O–H groups in total. The van der Waals surface area contributed by atoms with Crippen LogP contribution in [0.25, 0.3) is 42.5 Å². The lowest BCUT2D eigenvalue weighted by molar-refractivity contribution is 0.102. The normalized spacial score (nSPS) is 15.9. The number of carbonyl (C=O) groups is 1. The fourth-order valence-corrected chi connectivity index (χ4v) is 8.40. The number of aromatic nitrogens is 1. The summed E-state index contributed by atoms with van der Waals surface area (Å²) in [7, 11) is 0. The molecule has 3 aromatic heterocycles. The number of anilines is 1. The van der Waals surface area contributed by atoms with E-state index < -0.39 is 11.5 Å². The first-order chi connectivity index (χ1) is 19.1. The number of fused-ring (bicyclic) bond motifs is 5. The zero-order chi connectivity index (χ0) is 27.8. The van der Waals surface area contributed by atoms with Crippen LogP contribution in [0.3, 0.4) is 0 Å². The highest BCUT2D eigenvalue weighted by atomic mass is 32.1. The molecule has 4 heterocycles. The van der Waals surface area contributed by atoms with Crippen molar-refractivity contribution in [3.63, 3.8) is 0 Å². The van der Waals surface area contributed by atoms with Crippen LogP contribution in [-0.4, -0.2) is 16.4 Å². The van der Waals surface area contributed by atoms with Gasteiger partial charge in [-0.25, -0.2) is 9.78 Å². The number of amides is 1. The Morgan fingerprint density at radius 1 is 0.975 bits per heavy atom. The number of hydrogen-bond donors (Lipinski definition) is 2.